The normalized spacial score (nSPS) is 10.9. The van der Waals surface area contributed by atoms with Crippen molar-refractivity contribution in [1.82, 2.24) is 19.7 Å². The molecular formula is C12H16BrN5. The van der Waals surface area contributed by atoms with Crippen LogP contribution in [0.4, 0.5) is 11.6 Å². The third-order valence-electron chi connectivity index (χ3n) is 2.45. The standard InChI is InChI=1S/C12H16BrN5/c1-4-18-6-5-10(17-18)15-11-7-9(13)14-12(16-11)8(2)3/h5-8H,4H2,1-3H3,(H,14,15,16,17). The summed E-state index contributed by atoms with van der Waals surface area (Å²) in [4.78, 5) is 8.80. The van der Waals surface area contributed by atoms with E-state index >= 15 is 0 Å². The molecule has 2 aromatic rings. The van der Waals surface area contributed by atoms with Gasteiger partial charge in [-0.2, -0.15) is 5.10 Å². The van der Waals surface area contributed by atoms with Gasteiger partial charge in [0, 0.05) is 30.8 Å². The van der Waals surface area contributed by atoms with Gasteiger partial charge in [-0.3, -0.25) is 4.68 Å². The Morgan fingerprint density at radius 1 is 1.33 bits per heavy atom. The second-order valence-electron chi connectivity index (χ2n) is 4.27. The molecule has 0 aromatic carbocycles. The van der Waals surface area contributed by atoms with Gasteiger partial charge in [-0.25, -0.2) is 9.97 Å². The Morgan fingerprint density at radius 3 is 2.72 bits per heavy atom. The predicted octanol–water partition coefficient (Wildman–Crippen LogP) is 3.32. The molecule has 0 bridgehead atoms. The van der Waals surface area contributed by atoms with Crippen molar-refractivity contribution in [1.29, 1.82) is 0 Å². The number of hydrogen-bond donors (Lipinski definition) is 1. The van der Waals surface area contributed by atoms with E-state index in [1.54, 1.807) is 0 Å². The Labute approximate surface area is 115 Å². The SMILES string of the molecule is CCn1ccc(Nc2cc(Br)nc(C(C)C)n2)n1. The molecule has 2 rings (SSSR count). The number of anilines is 2. The molecule has 0 aliphatic heterocycles. The Kier molecular flexibility index (Phi) is 3.96. The van der Waals surface area contributed by atoms with E-state index in [0.717, 1.165) is 28.6 Å². The highest BCUT2D eigenvalue weighted by molar-refractivity contribution is 9.10. The van der Waals surface area contributed by atoms with Crippen molar-refractivity contribution < 1.29 is 0 Å². The van der Waals surface area contributed by atoms with Gasteiger partial charge in [-0.15, -0.1) is 0 Å². The van der Waals surface area contributed by atoms with Crippen LogP contribution in [0.1, 0.15) is 32.5 Å². The fourth-order valence-electron chi connectivity index (χ4n) is 1.49. The highest BCUT2D eigenvalue weighted by atomic mass is 79.9. The molecule has 1 N–H and O–H groups in total. The van der Waals surface area contributed by atoms with Crippen LogP contribution in [0.2, 0.25) is 0 Å². The van der Waals surface area contributed by atoms with E-state index in [4.69, 9.17) is 0 Å². The first-order valence-electron chi connectivity index (χ1n) is 5.93. The van der Waals surface area contributed by atoms with Crippen molar-refractivity contribution in [3.8, 4) is 0 Å². The van der Waals surface area contributed by atoms with Gasteiger partial charge in [0.05, 0.1) is 0 Å². The number of nitrogens with one attached hydrogen (secondary N) is 1. The van der Waals surface area contributed by atoms with E-state index in [9.17, 15) is 0 Å². The summed E-state index contributed by atoms with van der Waals surface area (Å²) in [6.45, 7) is 7.04. The van der Waals surface area contributed by atoms with Gasteiger partial charge in [-0.1, -0.05) is 13.8 Å². The number of aryl methyl sites for hydroxylation is 1. The average Bonchev–Trinajstić information content (AvgIpc) is 2.76. The maximum atomic E-state index is 4.46. The van der Waals surface area contributed by atoms with Crippen LogP contribution >= 0.6 is 15.9 Å². The topological polar surface area (TPSA) is 55.6 Å². The lowest BCUT2D eigenvalue weighted by atomic mass is 10.2. The molecule has 2 heterocycles. The first-order chi connectivity index (χ1) is 8.58. The van der Waals surface area contributed by atoms with Crippen LogP contribution in [0, 0.1) is 0 Å². The number of rotatable bonds is 4. The molecule has 6 heteroatoms. The number of halogens is 1. The Morgan fingerprint density at radius 2 is 2.11 bits per heavy atom. The maximum Gasteiger partial charge on any atom is 0.153 e. The molecule has 0 spiro atoms. The second-order valence-corrected chi connectivity index (χ2v) is 5.08. The molecule has 0 saturated carbocycles. The molecule has 0 aliphatic rings. The van der Waals surface area contributed by atoms with Crippen molar-refractivity contribution in [2.24, 2.45) is 0 Å². The Bertz CT molecular complexity index is 535. The monoisotopic (exact) mass is 309 g/mol. The minimum Gasteiger partial charge on any atom is -0.323 e. The number of nitrogens with zero attached hydrogens (tertiary/aromatic N) is 4. The van der Waals surface area contributed by atoms with Crippen LogP contribution in [0.15, 0.2) is 22.9 Å². The van der Waals surface area contributed by atoms with Crippen molar-refractivity contribution >= 4 is 27.6 Å². The van der Waals surface area contributed by atoms with E-state index in [2.05, 4.69) is 57.1 Å². The molecule has 0 radical (unpaired) electrons. The Balaban J connectivity index is 2.23. The number of hydrogen-bond acceptors (Lipinski definition) is 4. The van der Waals surface area contributed by atoms with Gasteiger partial charge in [0.15, 0.2) is 5.82 Å². The summed E-state index contributed by atoms with van der Waals surface area (Å²) in [5.41, 5.74) is 0. The highest BCUT2D eigenvalue weighted by Crippen LogP contribution is 2.19. The molecule has 0 saturated heterocycles. The van der Waals surface area contributed by atoms with E-state index < -0.39 is 0 Å². The van der Waals surface area contributed by atoms with Crippen LogP contribution in [0.5, 0.6) is 0 Å². The Hall–Kier alpha value is -1.43. The lowest BCUT2D eigenvalue weighted by molar-refractivity contribution is 0.662. The molecule has 0 aliphatic carbocycles. The summed E-state index contributed by atoms with van der Waals surface area (Å²) < 4.78 is 2.64. The van der Waals surface area contributed by atoms with Gasteiger partial charge >= 0.3 is 0 Å². The lowest BCUT2D eigenvalue weighted by Gasteiger charge is -2.08. The van der Waals surface area contributed by atoms with Gasteiger partial charge in [-0.05, 0) is 22.9 Å². The maximum absolute atomic E-state index is 4.46. The van der Waals surface area contributed by atoms with Crippen molar-refractivity contribution in [3.63, 3.8) is 0 Å². The fourth-order valence-corrected chi connectivity index (χ4v) is 1.89. The van der Waals surface area contributed by atoms with E-state index in [1.165, 1.54) is 0 Å². The quantitative estimate of drug-likeness (QED) is 0.880. The van der Waals surface area contributed by atoms with Crippen LogP contribution in [-0.2, 0) is 6.54 Å². The van der Waals surface area contributed by atoms with E-state index in [-0.39, 0.29) is 5.92 Å². The van der Waals surface area contributed by atoms with Crippen LogP contribution in [-0.4, -0.2) is 19.7 Å². The van der Waals surface area contributed by atoms with Gasteiger partial charge < -0.3 is 5.32 Å². The van der Waals surface area contributed by atoms with E-state index in [1.807, 2.05) is 23.0 Å². The lowest BCUT2D eigenvalue weighted by Crippen LogP contribution is -2.03. The first kappa shape index (κ1) is 13.0. The minimum absolute atomic E-state index is 0.288. The minimum atomic E-state index is 0.288. The molecule has 5 nitrogen and oxygen atoms in total. The summed E-state index contributed by atoms with van der Waals surface area (Å²) in [5.74, 6) is 2.64. The summed E-state index contributed by atoms with van der Waals surface area (Å²) in [6.07, 6.45) is 1.93. The predicted molar refractivity (Wildman–Crippen MR) is 75.0 cm³/mol. The molecule has 2 aromatic heterocycles. The van der Waals surface area contributed by atoms with Gasteiger partial charge in [0.25, 0.3) is 0 Å². The summed E-state index contributed by atoms with van der Waals surface area (Å²) >= 11 is 3.40. The molecule has 0 fully saturated rings. The summed E-state index contributed by atoms with van der Waals surface area (Å²) in [7, 11) is 0. The van der Waals surface area contributed by atoms with Gasteiger partial charge in [0.2, 0.25) is 0 Å². The number of aromatic nitrogens is 4. The van der Waals surface area contributed by atoms with Crippen molar-refractivity contribution in [2.45, 2.75) is 33.2 Å². The molecule has 0 atom stereocenters. The third-order valence-corrected chi connectivity index (χ3v) is 2.86. The average molecular weight is 310 g/mol. The zero-order valence-corrected chi connectivity index (χ0v) is 12.3. The molecule has 0 amide bonds. The van der Waals surface area contributed by atoms with Crippen LogP contribution in [0.3, 0.4) is 0 Å². The van der Waals surface area contributed by atoms with Crippen LogP contribution < -0.4 is 5.32 Å². The third kappa shape index (κ3) is 3.07. The summed E-state index contributed by atoms with van der Waals surface area (Å²) in [6, 6.07) is 3.77. The summed E-state index contributed by atoms with van der Waals surface area (Å²) in [5, 5.41) is 7.54. The van der Waals surface area contributed by atoms with Gasteiger partial charge in [0.1, 0.15) is 16.2 Å². The molecule has 96 valence electrons. The largest absolute Gasteiger partial charge is 0.323 e. The van der Waals surface area contributed by atoms with E-state index in [0.29, 0.717) is 0 Å². The smallest absolute Gasteiger partial charge is 0.153 e. The molecule has 18 heavy (non-hydrogen) atoms. The van der Waals surface area contributed by atoms with Crippen molar-refractivity contribution in [3.05, 3.63) is 28.8 Å². The van der Waals surface area contributed by atoms with Crippen molar-refractivity contribution in [2.75, 3.05) is 5.32 Å². The fraction of sp³-hybridized carbons (Fsp3) is 0.417. The molecule has 0 unspecified atom stereocenters. The first-order valence-corrected chi connectivity index (χ1v) is 6.72. The second kappa shape index (κ2) is 5.48. The molecular weight excluding hydrogens is 294 g/mol. The van der Waals surface area contributed by atoms with Crippen LogP contribution in [0.25, 0.3) is 0 Å². The zero-order valence-electron chi connectivity index (χ0n) is 10.7. The highest BCUT2D eigenvalue weighted by Gasteiger charge is 2.07. The zero-order chi connectivity index (χ0) is 13.1.